The number of hydrogen-bond acceptors (Lipinski definition) is 4. The SMILES string of the molecule is CC[C@@H]1C[C@H]1N(C(=O)C(F)(F)F)C1COC2(CCN(CCC#N)CC2)C1. The average molecular weight is 373 g/mol. The molecule has 26 heavy (non-hydrogen) atoms. The molecule has 8 heteroatoms. The van der Waals surface area contributed by atoms with Gasteiger partial charge in [-0.25, -0.2) is 0 Å². The summed E-state index contributed by atoms with van der Waals surface area (Å²) in [5.74, 6) is -1.54. The Kier molecular flexibility index (Phi) is 5.50. The molecule has 0 bridgehead atoms. The van der Waals surface area contributed by atoms with E-state index in [1.165, 1.54) is 0 Å². The number of likely N-dealkylation sites (tertiary alicyclic amines) is 1. The van der Waals surface area contributed by atoms with Crippen LogP contribution >= 0.6 is 0 Å². The van der Waals surface area contributed by atoms with Crippen molar-refractivity contribution in [3.8, 4) is 6.07 Å². The van der Waals surface area contributed by atoms with Gasteiger partial charge in [0.2, 0.25) is 0 Å². The Balaban J connectivity index is 1.64. The zero-order chi connectivity index (χ0) is 18.9. The second-order valence-electron chi connectivity index (χ2n) is 7.78. The van der Waals surface area contributed by atoms with E-state index in [4.69, 9.17) is 10.00 Å². The molecule has 0 N–H and O–H groups in total. The second-order valence-corrected chi connectivity index (χ2v) is 7.78. The van der Waals surface area contributed by atoms with Crippen molar-refractivity contribution in [2.24, 2.45) is 5.92 Å². The maximum Gasteiger partial charge on any atom is 0.471 e. The Morgan fingerprint density at radius 2 is 2.08 bits per heavy atom. The smallest absolute Gasteiger partial charge is 0.373 e. The van der Waals surface area contributed by atoms with Gasteiger partial charge in [-0.15, -0.1) is 0 Å². The number of nitrogens with zero attached hydrogens (tertiary/aromatic N) is 3. The maximum absolute atomic E-state index is 13.1. The van der Waals surface area contributed by atoms with Crippen molar-refractivity contribution in [2.45, 2.75) is 69.3 Å². The van der Waals surface area contributed by atoms with Gasteiger partial charge in [-0.05, 0) is 31.6 Å². The van der Waals surface area contributed by atoms with Crippen molar-refractivity contribution in [1.29, 1.82) is 5.26 Å². The van der Waals surface area contributed by atoms with Crippen molar-refractivity contribution in [1.82, 2.24) is 9.80 Å². The topological polar surface area (TPSA) is 56.6 Å². The average Bonchev–Trinajstić information content (AvgIpc) is 3.27. The highest BCUT2D eigenvalue weighted by atomic mass is 19.4. The lowest BCUT2D eigenvalue weighted by atomic mass is 9.87. The van der Waals surface area contributed by atoms with Crippen molar-refractivity contribution < 1.29 is 22.7 Å². The first-order valence-electron chi connectivity index (χ1n) is 9.42. The third-order valence-corrected chi connectivity index (χ3v) is 6.13. The van der Waals surface area contributed by atoms with Gasteiger partial charge in [-0.2, -0.15) is 18.4 Å². The molecule has 3 aliphatic rings. The molecule has 2 aliphatic heterocycles. The van der Waals surface area contributed by atoms with Gasteiger partial charge in [-0.3, -0.25) is 4.79 Å². The molecule has 5 nitrogen and oxygen atoms in total. The van der Waals surface area contributed by atoms with Gasteiger partial charge < -0.3 is 14.5 Å². The summed E-state index contributed by atoms with van der Waals surface area (Å²) in [5, 5.41) is 8.68. The Labute approximate surface area is 152 Å². The zero-order valence-electron chi connectivity index (χ0n) is 15.1. The van der Waals surface area contributed by atoms with Crippen molar-refractivity contribution >= 4 is 5.91 Å². The first-order valence-corrected chi connectivity index (χ1v) is 9.42. The maximum atomic E-state index is 13.1. The van der Waals surface area contributed by atoms with Crippen LogP contribution in [0.2, 0.25) is 0 Å². The normalized spacial score (nSPS) is 31.0. The van der Waals surface area contributed by atoms with E-state index in [1.54, 1.807) is 0 Å². The predicted octanol–water partition coefficient (Wildman–Crippen LogP) is 2.71. The van der Waals surface area contributed by atoms with E-state index < -0.39 is 23.7 Å². The highest BCUT2D eigenvalue weighted by Crippen LogP contribution is 2.45. The number of nitriles is 1. The Morgan fingerprint density at radius 1 is 1.38 bits per heavy atom. The van der Waals surface area contributed by atoms with E-state index in [-0.39, 0.29) is 18.6 Å². The predicted molar refractivity (Wildman–Crippen MR) is 88.1 cm³/mol. The molecule has 146 valence electrons. The van der Waals surface area contributed by atoms with Gasteiger partial charge in [0.25, 0.3) is 0 Å². The molecule has 0 aromatic carbocycles. The summed E-state index contributed by atoms with van der Waals surface area (Å²) in [4.78, 5) is 15.3. The van der Waals surface area contributed by atoms with Crippen LogP contribution in [0.4, 0.5) is 13.2 Å². The highest BCUT2D eigenvalue weighted by molar-refractivity contribution is 5.83. The van der Waals surface area contributed by atoms with Crippen molar-refractivity contribution in [3.05, 3.63) is 0 Å². The van der Waals surface area contributed by atoms with Crippen molar-refractivity contribution in [2.75, 3.05) is 26.2 Å². The molecule has 0 aromatic rings. The van der Waals surface area contributed by atoms with Gasteiger partial charge in [-0.1, -0.05) is 13.3 Å². The third-order valence-electron chi connectivity index (χ3n) is 6.13. The standard InChI is InChI=1S/C18H26F3N3O2/c1-2-13-10-15(13)24(16(25)18(19,20)21)14-11-17(26-12-14)4-8-23(9-5-17)7-3-6-22/h13-15H,2-5,7-12H2,1H3/t13-,14?,15-/m1/s1. The van der Waals surface area contributed by atoms with Crippen LogP contribution in [0.5, 0.6) is 0 Å². The fraction of sp³-hybridized carbons (Fsp3) is 0.889. The molecule has 0 aromatic heterocycles. The van der Waals surface area contributed by atoms with Crippen LogP contribution in [-0.4, -0.2) is 65.8 Å². The molecule has 1 amide bonds. The number of carbonyl (C=O) groups excluding carboxylic acids is 1. The largest absolute Gasteiger partial charge is 0.471 e. The summed E-state index contributed by atoms with van der Waals surface area (Å²) in [6.07, 6.45) is -0.950. The highest BCUT2D eigenvalue weighted by Gasteiger charge is 2.56. The van der Waals surface area contributed by atoms with Crippen LogP contribution in [0.15, 0.2) is 0 Å². The number of halogens is 3. The van der Waals surface area contributed by atoms with E-state index >= 15 is 0 Å². The van der Waals surface area contributed by atoms with E-state index in [1.807, 2.05) is 6.92 Å². The Hall–Kier alpha value is -1.33. The molecule has 1 unspecified atom stereocenters. The van der Waals surface area contributed by atoms with Gasteiger partial charge in [0.1, 0.15) is 0 Å². The molecule has 2 heterocycles. The van der Waals surface area contributed by atoms with E-state index in [9.17, 15) is 18.0 Å². The molecule has 1 spiro atoms. The van der Waals surface area contributed by atoms with Gasteiger partial charge >= 0.3 is 12.1 Å². The number of hydrogen-bond donors (Lipinski definition) is 0. The minimum absolute atomic E-state index is 0.172. The number of rotatable bonds is 5. The van der Waals surface area contributed by atoms with E-state index in [0.29, 0.717) is 19.3 Å². The molecule has 1 saturated carbocycles. The van der Waals surface area contributed by atoms with Crippen LogP contribution in [0.3, 0.4) is 0 Å². The third kappa shape index (κ3) is 3.99. The Morgan fingerprint density at radius 3 is 2.62 bits per heavy atom. The molecule has 3 fully saturated rings. The van der Waals surface area contributed by atoms with Crippen LogP contribution in [0, 0.1) is 17.2 Å². The zero-order valence-corrected chi connectivity index (χ0v) is 15.1. The fourth-order valence-electron chi connectivity index (χ4n) is 4.48. The summed E-state index contributed by atoms with van der Waals surface area (Å²) >= 11 is 0. The summed E-state index contributed by atoms with van der Waals surface area (Å²) in [6.45, 7) is 4.41. The lowest BCUT2D eigenvalue weighted by Crippen LogP contribution is -2.50. The lowest BCUT2D eigenvalue weighted by Gasteiger charge is -2.39. The summed E-state index contributed by atoms with van der Waals surface area (Å²) in [7, 11) is 0. The quantitative estimate of drug-likeness (QED) is 0.744. The number of piperidine rings is 1. The molecule has 0 radical (unpaired) electrons. The molecular weight excluding hydrogens is 347 g/mol. The molecule has 3 rings (SSSR count). The molecule has 1 aliphatic carbocycles. The van der Waals surface area contributed by atoms with Crippen LogP contribution < -0.4 is 0 Å². The summed E-state index contributed by atoms with van der Waals surface area (Å²) in [6, 6.07) is 1.34. The van der Waals surface area contributed by atoms with Gasteiger partial charge in [0.15, 0.2) is 0 Å². The van der Waals surface area contributed by atoms with Crippen LogP contribution in [0.1, 0.15) is 45.4 Å². The van der Waals surface area contributed by atoms with E-state index in [2.05, 4.69) is 11.0 Å². The molecule has 3 atom stereocenters. The second kappa shape index (κ2) is 7.35. The van der Waals surface area contributed by atoms with Crippen LogP contribution in [-0.2, 0) is 9.53 Å². The number of carbonyl (C=O) groups is 1. The molecular formula is C18H26F3N3O2. The van der Waals surface area contributed by atoms with Gasteiger partial charge in [0.05, 0.1) is 24.3 Å². The fourth-order valence-corrected chi connectivity index (χ4v) is 4.48. The monoisotopic (exact) mass is 373 g/mol. The van der Waals surface area contributed by atoms with Crippen LogP contribution in [0.25, 0.3) is 0 Å². The Bertz CT molecular complexity index is 567. The number of alkyl halides is 3. The number of amides is 1. The first-order chi connectivity index (χ1) is 12.3. The first kappa shape index (κ1) is 19.4. The minimum atomic E-state index is -4.84. The van der Waals surface area contributed by atoms with Crippen molar-refractivity contribution in [3.63, 3.8) is 0 Å². The number of ether oxygens (including phenoxy) is 1. The summed E-state index contributed by atoms with van der Waals surface area (Å²) in [5.41, 5.74) is -0.422. The minimum Gasteiger partial charge on any atom is -0.373 e. The lowest BCUT2D eigenvalue weighted by molar-refractivity contribution is -0.188. The molecule has 2 saturated heterocycles. The summed E-state index contributed by atoms with van der Waals surface area (Å²) < 4.78 is 45.3. The van der Waals surface area contributed by atoms with E-state index in [0.717, 1.165) is 43.8 Å². The van der Waals surface area contributed by atoms with Gasteiger partial charge in [0, 0.05) is 32.1 Å².